The normalized spacial score (nSPS) is 14.7. The minimum Gasteiger partial charge on any atom is -0.354 e. The number of nitrogens with zero attached hydrogens (tertiary/aromatic N) is 1. The first-order valence-corrected chi connectivity index (χ1v) is 2.60. The van der Waals surface area contributed by atoms with E-state index in [1.165, 1.54) is 6.92 Å². The molecule has 0 aliphatic heterocycles. The van der Waals surface area contributed by atoms with Crippen LogP contribution in [0, 0.1) is 10.1 Å². The summed E-state index contributed by atoms with van der Waals surface area (Å²) in [4.78, 5) is 13.1. The van der Waals surface area contributed by atoms with E-state index in [0.29, 0.717) is 0 Å². The van der Waals surface area contributed by atoms with Crippen LogP contribution in [0.15, 0.2) is 0 Å². The summed E-state index contributed by atoms with van der Waals surface area (Å²) in [6.07, 6.45) is -0.0461. The molecule has 0 rings (SSSR count). The van der Waals surface area contributed by atoms with Gasteiger partial charge >= 0.3 is 0 Å². The summed E-state index contributed by atoms with van der Waals surface area (Å²) < 4.78 is 0. The van der Waals surface area contributed by atoms with Crippen LogP contribution in [0.4, 0.5) is 0 Å². The molecule has 0 fully saturated rings. The lowest BCUT2D eigenvalue weighted by Crippen LogP contribution is -2.26. The van der Waals surface area contributed by atoms with Crippen molar-refractivity contribution in [3.05, 3.63) is 10.1 Å². The van der Waals surface area contributed by atoms with Crippen LogP contribution in [0.25, 0.3) is 0 Å². The predicted octanol–water partition coefficient (Wildman–Crippen LogP) is 0.652. The minimum atomic E-state index is -2.16. The third kappa shape index (κ3) is 5.54. The molecule has 6 nitrogen and oxygen atoms in total. The summed E-state index contributed by atoms with van der Waals surface area (Å²) >= 11 is 5.01. The maximum absolute atomic E-state index is 9.51. The van der Waals surface area contributed by atoms with Crippen molar-refractivity contribution in [2.24, 2.45) is 0 Å². The fraction of sp³-hybridized carbons (Fsp3) is 1.00. The maximum atomic E-state index is 9.51. The molecule has 0 aromatic carbocycles. The predicted molar refractivity (Wildman–Crippen MR) is 34.2 cm³/mol. The molecule has 0 saturated heterocycles. The van der Waals surface area contributed by atoms with Gasteiger partial charge in [-0.3, -0.25) is 4.84 Å². The fourth-order valence-electron chi connectivity index (χ4n) is 0.179. The molecule has 0 radical (unpaired) electrons. The minimum absolute atomic E-state index is 0. The zero-order valence-electron chi connectivity index (χ0n) is 5.41. The first-order chi connectivity index (χ1) is 3.98. The highest BCUT2D eigenvalue weighted by Crippen LogP contribution is 2.16. The van der Waals surface area contributed by atoms with Gasteiger partial charge in [-0.25, -0.2) is 0 Å². The zero-order chi connectivity index (χ0) is 7.49. The molecule has 7 heteroatoms. The maximum Gasteiger partial charge on any atom is 0.298 e. The second-order valence-electron chi connectivity index (χ2n) is 1.36. The SMILES string of the molecule is CCC(O)(Cl)O[N+](=O)[O-].N. The molecule has 0 aliphatic carbocycles. The second-order valence-corrected chi connectivity index (χ2v) is 1.95. The molecule has 0 spiro atoms. The van der Waals surface area contributed by atoms with Crippen LogP contribution < -0.4 is 6.15 Å². The smallest absolute Gasteiger partial charge is 0.298 e. The summed E-state index contributed by atoms with van der Waals surface area (Å²) in [7, 11) is 0. The van der Waals surface area contributed by atoms with E-state index in [1.807, 2.05) is 0 Å². The van der Waals surface area contributed by atoms with Crippen LogP contribution in [0.2, 0.25) is 0 Å². The summed E-state index contributed by atoms with van der Waals surface area (Å²) in [5, 5.41) is 14.8. The van der Waals surface area contributed by atoms with E-state index in [0.717, 1.165) is 0 Å². The molecule has 0 saturated carbocycles. The van der Waals surface area contributed by atoms with Crippen molar-refractivity contribution in [1.29, 1.82) is 0 Å². The van der Waals surface area contributed by atoms with E-state index >= 15 is 0 Å². The Morgan fingerprint density at radius 1 is 1.90 bits per heavy atom. The topological polar surface area (TPSA) is 108 Å². The quantitative estimate of drug-likeness (QED) is 0.281. The van der Waals surface area contributed by atoms with E-state index in [1.54, 1.807) is 0 Å². The average Bonchev–Trinajstić information content (AvgIpc) is 1.63. The van der Waals surface area contributed by atoms with E-state index in [9.17, 15) is 10.1 Å². The van der Waals surface area contributed by atoms with Crippen molar-refractivity contribution < 1.29 is 15.0 Å². The Kier molecular flexibility index (Phi) is 5.17. The average molecular weight is 173 g/mol. The molecule has 0 aliphatic rings. The van der Waals surface area contributed by atoms with Gasteiger partial charge in [-0.05, 0) is 0 Å². The van der Waals surface area contributed by atoms with Crippen molar-refractivity contribution in [3.63, 3.8) is 0 Å². The van der Waals surface area contributed by atoms with Gasteiger partial charge in [0.15, 0.2) is 0 Å². The molecule has 1 atom stereocenters. The monoisotopic (exact) mass is 172 g/mol. The van der Waals surface area contributed by atoms with E-state index in [-0.39, 0.29) is 12.6 Å². The summed E-state index contributed by atoms with van der Waals surface area (Å²) in [5.41, 5.74) is 0. The van der Waals surface area contributed by atoms with Gasteiger partial charge in [0.05, 0.1) is 0 Å². The fourth-order valence-corrected chi connectivity index (χ4v) is 0.235. The number of aliphatic hydroxyl groups is 1. The summed E-state index contributed by atoms with van der Waals surface area (Å²) in [6.45, 7) is 1.45. The number of rotatable bonds is 3. The Morgan fingerprint density at radius 2 is 2.30 bits per heavy atom. The molecule has 0 aromatic heterocycles. The lowest BCUT2D eigenvalue weighted by molar-refractivity contribution is -0.786. The first kappa shape index (κ1) is 12.1. The second kappa shape index (κ2) is 4.26. The number of hydrogen-bond donors (Lipinski definition) is 2. The van der Waals surface area contributed by atoms with Crippen LogP contribution in [-0.2, 0) is 4.84 Å². The number of halogens is 1. The largest absolute Gasteiger partial charge is 0.354 e. The molecule has 0 bridgehead atoms. The Balaban J connectivity index is 0. The zero-order valence-corrected chi connectivity index (χ0v) is 6.17. The lowest BCUT2D eigenvalue weighted by atomic mass is 10.5. The molecule has 0 heterocycles. The highest BCUT2D eigenvalue weighted by Gasteiger charge is 2.25. The number of hydrogen-bond acceptors (Lipinski definition) is 5. The standard InChI is InChI=1S/C3H6ClNO4.H3N/c1-2-3(4,6)9-5(7)8;/h6H,2H2,1H3;1H3. The van der Waals surface area contributed by atoms with Crippen LogP contribution in [-0.4, -0.2) is 15.4 Å². The molecule has 62 valence electrons. The Labute approximate surface area is 62.4 Å². The van der Waals surface area contributed by atoms with Crippen LogP contribution in [0.5, 0.6) is 0 Å². The van der Waals surface area contributed by atoms with Gasteiger partial charge in [0.2, 0.25) is 0 Å². The molecular weight excluding hydrogens is 163 g/mol. The van der Waals surface area contributed by atoms with Gasteiger partial charge in [-0.1, -0.05) is 18.5 Å². The van der Waals surface area contributed by atoms with E-state index < -0.39 is 10.3 Å². The van der Waals surface area contributed by atoms with Crippen LogP contribution in [0.1, 0.15) is 13.3 Å². The van der Waals surface area contributed by atoms with Crippen molar-refractivity contribution in [2.75, 3.05) is 0 Å². The highest BCUT2D eigenvalue weighted by atomic mass is 35.5. The first-order valence-electron chi connectivity index (χ1n) is 2.23. The Bertz CT molecular complexity index is 117. The van der Waals surface area contributed by atoms with Gasteiger partial charge in [0.1, 0.15) is 0 Å². The molecule has 4 N–H and O–H groups in total. The Morgan fingerprint density at radius 3 is 2.40 bits per heavy atom. The van der Waals surface area contributed by atoms with Gasteiger partial charge in [0, 0.05) is 6.42 Å². The van der Waals surface area contributed by atoms with Crippen molar-refractivity contribution in [2.45, 2.75) is 18.6 Å². The molecule has 0 aromatic rings. The van der Waals surface area contributed by atoms with Crippen LogP contribution >= 0.6 is 11.6 Å². The third-order valence-electron chi connectivity index (χ3n) is 0.650. The summed E-state index contributed by atoms with van der Waals surface area (Å²) in [6, 6.07) is 0. The molecule has 10 heavy (non-hydrogen) atoms. The van der Waals surface area contributed by atoms with Crippen LogP contribution in [0.3, 0.4) is 0 Å². The molecular formula is C3H9ClN2O4. The lowest BCUT2D eigenvalue weighted by Gasteiger charge is -2.13. The van der Waals surface area contributed by atoms with Crippen molar-refractivity contribution in [1.82, 2.24) is 6.15 Å². The van der Waals surface area contributed by atoms with E-state index in [2.05, 4.69) is 4.84 Å². The van der Waals surface area contributed by atoms with Gasteiger partial charge in [0.25, 0.3) is 10.3 Å². The Hall–Kier alpha value is -0.590. The highest BCUT2D eigenvalue weighted by molar-refractivity contribution is 6.21. The molecule has 0 amide bonds. The third-order valence-corrected chi connectivity index (χ3v) is 0.987. The van der Waals surface area contributed by atoms with Gasteiger partial charge < -0.3 is 11.3 Å². The van der Waals surface area contributed by atoms with Crippen molar-refractivity contribution >= 4 is 11.6 Å². The van der Waals surface area contributed by atoms with Crippen molar-refractivity contribution in [3.8, 4) is 0 Å². The number of alkyl halides is 1. The summed E-state index contributed by atoms with van der Waals surface area (Å²) in [5.74, 6) is 0. The van der Waals surface area contributed by atoms with Gasteiger partial charge in [-0.2, -0.15) is 0 Å². The molecule has 1 unspecified atom stereocenters. The van der Waals surface area contributed by atoms with Gasteiger partial charge in [-0.15, -0.1) is 10.1 Å². The van der Waals surface area contributed by atoms with E-state index in [4.69, 9.17) is 16.7 Å².